The molecule has 1 saturated heterocycles. The lowest BCUT2D eigenvalue weighted by Gasteiger charge is -2.28. The average Bonchev–Trinajstić information content (AvgIpc) is 2.71. The van der Waals surface area contributed by atoms with E-state index in [-0.39, 0.29) is 17.2 Å². The molecule has 0 N–H and O–H groups in total. The van der Waals surface area contributed by atoms with Gasteiger partial charge >= 0.3 is 0 Å². The topological polar surface area (TPSA) is 40.6 Å². The predicted molar refractivity (Wildman–Crippen MR) is 90.2 cm³/mol. The fourth-order valence-electron chi connectivity index (χ4n) is 2.62. The standard InChI is InChI=1S/C17H24N2O2S/c1-17(2,3)16(21)19-10-6-9-18(11-12-19)15(20)13-7-4-5-8-14(13)22/h4-5,7-8,22H,6,9-12H2,1-3H3. The van der Waals surface area contributed by atoms with Crippen LogP contribution >= 0.6 is 12.6 Å². The van der Waals surface area contributed by atoms with Gasteiger partial charge < -0.3 is 9.80 Å². The summed E-state index contributed by atoms with van der Waals surface area (Å²) in [4.78, 5) is 29.4. The highest BCUT2D eigenvalue weighted by Gasteiger charge is 2.29. The zero-order chi connectivity index (χ0) is 16.3. The maximum atomic E-state index is 12.6. The Labute approximate surface area is 137 Å². The third kappa shape index (κ3) is 3.83. The Morgan fingerprint density at radius 1 is 1.00 bits per heavy atom. The largest absolute Gasteiger partial charge is 0.340 e. The second kappa shape index (κ2) is 6.73. The zero-order valence-electron chi connectivity index (χ0n) is 13.5. The van der Waals surface area contributed by atoms with Crippen LogP contribution in [0.2, 0.25) is 0 Å². The molecule has 1 heterocycles. The lowest BCUT2D eigenvalue weighted by atomic mass is 9.94. The van der Waals surface area contributed by atoms with Gasteiger partial charge in [0.2, 0.25) is 5.91 Å². The first kappa shape index (κ1) is 16.9. The summed E-state index contributed by atoms with van der Waals surface area (Å²) in [5.74, 6) is 0.145. The molecular weight excluding hydrogens is 296 g/mol. The Balaban J connectivity index is 2.06. The lowest BCUT2D eigenvalue weighted by Crippen LogP contribution is -2.42. The Morgan fingerprint density at radius 2 is 1.59 bits per heavy atom. The van der Waals surface area contributed by atoms with Crippen LogP contribution in [-0.4, -0.2) is 47.8 Å². The van der Waals surface area contributed by atoms with Gasteiger partial charge in [-0.15, -0.1) is 12.6 Å². The number of carbonyl (C=O) groups is 2. The molecular formula is C17H24N2O2S. The second-order valence-corrected chi connectivity index (χ2v) is 7.19. The highest BCUT2D eigenvalue weighted by molar-refractivity contribution is 7.80. The van der Waals surface area contributed by atoms with Crippen molar-refractivity contribution in [2.45, 2.75) is 32.1 Å². The molecule has 0 bridgehead atoms. The van der Waals surface area contributed by atoms with Gasteiger partial charge in [0.15, 0.2) is 0 Å². The van der Waals surface area contributed by atoms with Gasteiger partial charge in [0, 0.05) is 36.5 Å². The minimum absolute atomic E-state index is 0.00402. The average molecular weight is 320 g/mol. The first-order valence-electron chi connectivity index (χ1n) is 7.67. The highest BCUT2D eigenvalue weighted by atomic mass is 32.1. The summed E-state index contributed by atoms with van der Waals surface area (Å²) in [6.07, 6.45) is 0.808. The minimum Gasteiger partial charge on any atom is -0.340 e. The van der Waals surface area contributed by atoms with E-state index in [1.54, 1.807) is 6.07 Å². The Bertz CT molecular complexity index is 566. The van der Waals surface area contributed by atoms with Gasteiger partial charge in [-0.2, -0.15) is 0 Å². The molecule has 4 nitrogen and oxygen atoms in total. The Morgan fingerprint density at radius 3 is 2.23 bits per heavy atom. The van der Waals surface area contributed by atoms with Gasteiger partial charge in [-0.3, -0.25) is 9.59 Å². The van der Waals surface area contributed by atoms with E-state index in [1.807, 2.05) is 48.8 Å². The lowest BCUT2D eigenvalue weighted by molar-refractivity contribution is -0.139. The normalized spacial score (nSPS) is 16.4. The molecule has 1 fully saturated rings. The molecule has 22 heavy (non-hydrogen) atoms. The van der Waals surface area contributed by atoms with E-state index in [0.29, 0.717) is 36.6 Å². The fourth-order valence-corrected chi connectivity index (χ4v) is 2.88. The van der Waals surface area contributed by atoms with Crippen LogP contribution in [0.25, 0.3) is 0 Å². The summed E-state index contributed by atoms with van der Waals surface area (Å²) < 4.78 is 0. The van der Waals surface area contributed by atoms with Crippen molar-refractivity contribution in [2.24, 2.45) is 5.41 Å². The number of thiol groups is 1. The summed E-state index contributed by atoms with van der Waals surface area (Å²) in [6, 6.07) is 7.34. The number of hydrogen-bond acceptors (Lipinski definition) is 3. The first-order chi connectivity index (χ1) is 10.3. The molecule has 0 aliphatic carbocycles. The van der Waals surface area contributed by atoms with Crippen LogP contribution in [0.1, 0.15) is 37.6 Å². The van der Waals surface area contributed by atoms with Crippen molar-refractivity contribution >= 4 is 24.4 Å². The molecule has 1 aliphatic heterocycles. The zero-order valence-corrected chi connectivity index (χ0v) is 14.4. The molecule has 1 aromatic rings. The SMILES string of the molecule is CC(C)(C)C(=O)N1CCCN(C(=O)c2ccccc2S)CC1. The number of amides is 2. The van der Waals surface area contributed by atoms with Crippen molar-refractivity contribution in [3.05, 3.63) is 29.8 Å². The summed E-state index contributed by atoms with van der Waals surface area (Å²) >= 11 is 4.36. The van der Waals surface area contributed by atoms with Crippen LogP contribution in [-0.2, 0) is 4.79 Å². The van der Waals surface area contributed by atoms with E-state index >= 15 is 0 Å². The van der Waals surface area contributed by atoms with Gasteiger partial charge in [-0.25, -0.2) is 0 Å². The molecule has 5 heteroatoms. The number of benzene rings is 1. The van der Waals surface area contributed by atoms with Gasteiger partial charge in [0.05, 0.1) is 5.56 Å². The Kier molecular flexibility index (Phi) is 5.16. The Hall–Kier alpha value is -1.49. The van der Waals surface area contributed by atoms with Crippen LogP contribution in [0.3, 0.4) is 0 Å². The van der Waals surface area contributed by atoms with Crippen LogP contribution in [0.15, 0.2) is 29.2 Å². The summed E-state index contributed by atoms with van der Waals surface area (Å²) in [5.41, 5.74) is 0.248. The molecule has 0 aromatic heterocycles. The highest BCUT2D eigenvalue weighted by Crippen LogP contribution is 2.20. The molecule has 0 atom stereocenters. The van der Waals surface area contributed by atoms with Gasteiger partial charge in [0.1, 0.15) is 0 Å². The van der Waals surface area contributed by atoms with Crippen molar-refractivity contribution in [3.63, 3.8) is 0 Å². The van der Waals surface area contributed by atoms with Gasteiger partial charge in [-0.05, 0) is 18.6 Å². The third-order valence-corrected chi connectivity index (χ3v) is 4.24. The van der Waals surface area contributed by atoms with Crippen molar-refractivity contribution in [3.8, 4) is 0 Å². The smallest absolute Gasteiger partial charge is 0.255 e. The molecule has 0 radical (unpaired) electrons. The van der Waals surface area contributed by atoms with E-state index in [2.05, 4.69) is 12.6 Å². The molecule has 2 rings (SSSR count). The maximum absolute atomic E-state index is 12.6. The van der Waals surface area contributed by atoms with E-state index in [1.165, 1.54) is 0 Å². The number of rotatable bonds is 1. The van der Waals surface area contributed by atoms with E-state index in [9.17, 15) is 9.59 Å². The summed E-state index contributed by atoms with van der Waals surface area (Å²) in [6.45, 7) is 8.34. The summed E-state index contributed by atoms with van der Waals surface area (Å²) in [7, 11) is 0. The molecule has 2 amide bonds. The number of carbonyl (C=O) groups excluding carboxylic acids is 2. The van der Waals surface area contributed by atoms with Gasteiger partial charge in [0.25, 0.3) is 5.91 Å². The maximum Gasteiger partial charge on any atom is 0.255 e. The predicted octanol–water partition coefficient (Wildman–Crippen LogP) is 2.70. The van der Waals surface area contributed by atoms with Gasteiger partial charge in [-0.1, -0.05) is 32.9 Å². The van der Waals surface area contributed by atoms with E-state index < -0.39 is 0 Å². The fraction of sp³-hybridized carbons (Fsp3) is 0.529. The van der Waals surface area contributed by atoms with Crippen LogP contribution in [0.4, 0.5) is 0 Å². The summed E-state index contributed by atoms with van der Waals surface area (Å²) in [5, 5.41) is 0. The molecule has 0 unspecified atom stereocenters. The minimum atomic E-state index is -0.378. The van der Waals surface area contributed by atoms with E-state index in [4.69, 9.17) is 0 Å². The number of nitrogens with zero attached hydrogens (tertiary/aromatic N) is 2. The van der Waals surface area contributed by atoms with Crippen LogP contribution < -0.4 is 0 Å². The van der Waals surface area contributed by atoms with Crippen molar-refractivity contribution in [1.82, 2.24) is 9.80 Å². The quantitative estimate of drug-likeness (QED) is 0.808. The van der Waals surface area contributed by atoms with E-state index in [0.717, 1.165) is 6.42 Å². The first-order valence-corrected chi connectivity index (χ1v) is 8.12. The van der Waals surface area contributed by atoms with Crippen molar-refractivity contribution < 1.29 is 9.59 Å². The third-order valence-electron chi connectivity index (χ3n) is 3.85. The molecule has 1 aliphatic rings. The molecule has 1 aromatic carbocycles. The van der Waals surface area contributed by atoms with Crippen LogP contribution in [0, 0.1) is 5.41 Å². The second-order valence-electron chi connectivity index (χ2n) is 6.71. The van der Waals surface area contributed by atoms with Crippen molar-refractivity contribution in [2.75, 3.05) is 26.2 Å². The number of hydrogen-bond donors (Lipinski definition) is 1. The van der Waals surface area contributed by atoms with Crippen LogP contribution in [0.5, 0.6) is 0 Å². The van der Waals surface area contributed by atoms with Crippen molar-refractivity contribution in [1.29, 1.82) is 0 Å². The molecule has 0 spiro atoms. The monoisotopic (exact) mass is 320 g/mol. The molecule has 120 valence electrons. The molecule has 0 saturated carbocycles.